The van der Waals surface area contributed by atoms with Crippen molar-refractivity contribution in [3.8, 4) is 5.75 Å². The van der Waals surface area contributed by atoms with Crippen molar-refractivity contribution >= 4 is 28.5 Å². The van der Waals surface area contributed by atoms with E-state index in [-0.39, 0.29) is 18.0 Å². The summed E-state index contributed by atoms with van der Waals surface area (Å²) >= 11 is 0. The number of fused-ring (bicyclic) bond motifs is 2. The molecule has 0 unspecified atom stereocenters. The van der Waals surface area contributed by atoms with Gasteiger partial charge in [0.25, 0.3) is 5.91 Å². The summed E-state index contributed by atoms with van der Waals surface area (Å²) in [7, 11) is 2.83. The second kappa shape index (κ2) is 7.03. The van der Waals surface area contributed by atoms with Gasteiger partial charge in [-0.3, -0.25) is 4.79 Å². The van der Waals surface area contributed by atoms with Gasteiger partial charge in [0.2, 0.25) is 0 Å². The van der Waals surface area contributed by atoms with Crippen LogP contribution in [0.25, 0.3) is 16.6 Å². The van der Waals surface area contributed by atoms with Crippen LogP contribution in [0.4, 0.5) is 0 Å². The number of carbonyl (C=O) groups is 2. The number of carbonyl (C=O) groups excluding carboxylic acids is 2. The zero-order valence-electron chi connectivity index (χ0n) is 15.1. The SMILES string of the molecule is COC(=O)c1ccc(OC)c2cc(CNC(=O)c3cnn4cccnc34)oc12. The predicted octanol–water partition coefficient (Wildman–Crippen LogP) is 2.20. The maximum absolute atomic E-state index is 12.5. The van der Waals surface area contributed by atoms with Crippen molar-refractivity contribution in [2.75, 3.05) is 14.2 Å². The monoisotopic (exact) mass is 380 g/mol. The highest BCUT2D eigenvalue weighted by molar-refractivity contribution is 6.04. The molecule has 28 heavy (non-hydrogen) atoms. The van der Waals surface area contributed by atoms with E-state index in [1.807, 2.05) is 0 Å². The highest BCUT2D eigenvalue weighted by Gasteiger charge is 2.19. The summed E-state index contributed by atoms with van der Waals surface area (Å²) in [5, 5.41) is 7.48. The molecule has 4 rings (SSSR count). The molecule has 0 bridgehead atoms. The fourth-order valence-electron chi connectivity index (χ4n) is 2.94. The standard InChI is InChI=1S/C19H16N4O5/c1-26-15-5-4-12(19(25)27-2)16-13(15)8-11(28-16)9-21-18(24)14-10-22-23-7-3-6-20-17(14)23/h3-8,10H,9H2,1-2H3,(H,21,24). The Hall–Kier alpha value is -3.88. The van der Waals surface area contributed by atoms with Gasteiger partial charge in [-0.05, 0) is 24.3 Å². The van der Waals surface area contributed by atoms with E-state index >= 15 is 0 Å². The van der Waals surface area contributed by atoms with Crippen molar-refractivity contribution in [1.82, 2.24) is 19.9 Å². The Kier molecular flexibility index (Phi) is 4.40. The number of hydrogen-bond acceptors (Lipinski definition) is 7. The minimum absolute atomic E-state index is 0.113. The average Bonchev–Trinajstić information content (AvgIpc) is 3.35. The lowest BCUT2D eigenvalue weighted by Crippen LogP contribution is -2.22. The molecule has 0 fully saturated rings. The topological polar surface area (TPSA) is 108 Å². The number of nitrogens with one attached hydrogen (secondary N) is 1. The molecule has 3 aromatic heterocycles. The Morgan fingerprint density at radius 1 is 1.25 bits per heavy atom. The first-order valence-electron chi connectivity index (χ1n) is 8.36. The number of hydrogen-bond donors (Lipinski definition) is 1. The van der Waals surface area contributed by atoms with E-state index in [9.17, 15) is 9.59 Å². The van der Waals surface area contributed by atoms with Gasteiger partial charge in [-0.2, -0.15) is 5.10 Å². The van der Waals surface area contributed by atoms with Gasteiger partial charge < -0.3 is 19.2 Å². The Labute approximate surface area is 158 Å². The second-order valence-corrected chi connectivity index (χ2v) is 5.89. The molecule has 1 N–H and O–H groups in total. The minimum atomic E-state index is -0.519. The minimum Gasteiger partial charge on any atom is -0.496 e. The van der Waals surface area contributed by atoms with E-state index in [2.05, 4.69) is 15.4 Å². The molecule has 1 aromatic carbocycles. The molecule has 0 aliphatic carbocycles. The van der Waals surface area contributed by atoms with Crippen molar-refractivity contribution in [1.29, 1.82) is 0 Å². The lowest BCUT2D eigenvalue weighted by Gasteiger charge is -2.04. The summed E-state index contributed by atoms with van der Waals surface area (Å²) in [5.41, 5.74) is 1.43. The first-order valence-corrected chi connectivity index (χ1v) is 8.36. The number of rotatable bonds is 5. The van der Waals surface area contributed by atoms with Crippen LogP contribution in [0.15, 0.2) is 47.3 Å². The van der Waals surface area contributed by atoms with Crippen LogP contribution in [0.1, 0.15) is 26.5 Å². The lowest BCUT2D eigenvalue weighted by molar-refractivity contribution is 0.0601. The molecule has 4 aromatic rings. The van der Waals surface area contributed by atoms with Crippen LogP contribution in [0.2, 0.25) is 0 Å². The molecule has 9 nitrogen and oxygen atoms in total. The van der Waals surface area contributed by atoms with Gasteiger partial charge in [0.15, 0.2) is 11.2 Å². The molecule has 1 amide bonds. The summed E-state index contributed by atoms with van der Waals surface area (Å²) in [4.78, 5) is 28.6. The van der Waals surface area contributed by atoms with Crippen LogP contribution in [0, 0.1) is 0 Å². The van der Waals surface area contributed by atoms with Gasteiger partial charge in [-0.1, -0.05) is 0 Å². The summed E-state index contributed by atoms with van der Waals surface area (Å²) in [6.07, 6.45) is 4.75. The fourth-order valence-corrected chi connectivity index (χ4v) is 2.94. The van der Waals surface area contributed by atoms with Crippen LogP contribution < -0.4 is 10.1 Å². The molecular weight excluding hydrogens is 364 g/mol. The van der Waals surface area contributed by atoms with Crippen LogP contribution in [-0.4, -0.2) is 40.7 Å². The highest BCUT2D eigenvalue weighted by atomic mass is 16.5. The smallest absolute Gasteiger partial charge is 0.341 e. The maximum Gasteiger partial charge on any atom is 0.341 e. The van der Waals surface area contributed by atoms with Crippen LogP contribution in [0.3, 0.4) is 0 Å². The molecule has 0 saturated carbocycles. The van der Waals surface area contributed by atoms with Crippen molar-refractivity contribution < 1.29 is 23.5 Å². The number of benzene rings is 1. The third-order valence-electron chi connectivity index (χ3n) is 4.27. The van der Waals surface area contributed by atoms with E-state index < -0.39 is 5.97 Å². The molecule has 3 heterocycles. The predicted molar refractivity (Wildman–Crippen MR) is 98.3 cm³/mol. The lowest BCUT2D eigenvalue weighted by atomic mass is 10.1. The maximum atomic E-state index is 12.5. The molecule has 0 spiro atoms. The van der Waals surface area contributed by atoms with E-state index in [0.717, 1.165) is 0 Å². The first kappa shape index (κ1) is 17.5. The Morgan fingerprint density at radius 3 is 2.89 bits per heavy atom. The van der Waals surface area contributed by atoms with Crippen molar-refractivity contribution in [2.24, 2.45) is 0 Å². The second-order valence-electron chi connectivity index (χ2n) is 5.89. The fraction of sp³-hybridized carbons (Fsp3) is 0.158. The number of aromatic nitrogens is 3. The molecular formula is C19H16N4O5. The third-order valence-corrected chi connectivity index (χ3v) is 4.27. The number of methoxy groups -OCH3 is 2. The molecule has 142 valence electrons. The largest absolute Gasteiger partial charge is 0.496 e. The van der Waals surface area contributed by atoms with Gasteiger partial charge >= 0.3 is 5.97 Å². The number of furan rings is 1. The van der Waals surface area contributed by atoms with Gasteiger partial charge in [-0.25, -0.2) is 14.3 Å². The number of amides is 1. The number of nitrogens with zero attached hydrogens (tertiary/aromatic N) is 3. The number of ether oxygens (including phenoxy) is 2. The van der Waals surface area contributed by atoms with Crippen LogP contribution in [0.5, 0.6) is 5.75 Å². The number of esters is 1. The Balaban J connectivity index is 1.61. The zero-order chi connectivity index (χ0) is 19.7. The van der Waals surface area contributed by atoms with Crippen molar-refractivity contribution in [2.45, 2.75) is 6.54 Å². The third kappa shape index (κ3) is 2.92. The Bertz CT molecular complexity index is 1190. The highest BCUT2D eigenvalue weighted by Crippen LogP contribution is 2.32. The van der Waals surface area contributed by atoms with E-state index in [4.69, 9.17) is 13.9 Å². The average molecular weight is 380 g/mol. The van der Waals surface area contributed by atoms with Gasteiger partial charge in [0.1, 0.15) is 22.6 Å². The van der Waals surface area contributed by atoms with Crippen LogP contribution >= 0.6 is 0 Å². The summed E-state index contributed by atoms with van der Waals surface area (Å²) in [6.45, 7) is 0.113. The first-order chi connectivity index (χ1) is 13.6. The van der Waals surface area contributed by atoms with Crippen molar-refractivity contribution in [3.63, 3.8) is 0 Å². The van der Waals surface area contributed by atoms with Gasteiger partial charge in [-0.15, -0.1) is 0 Å². The Morgan fingerprint density at radius 2 is 2.11 bits per heavy atom. The van der Waals surface area contributed by atoms with E-state index in [0.29, 0.717) is 33.7 Å². The zero-order valence-corrected chi connectivity index (χ0v) is 15.1. The van der Waals surface area contributed by atoms with Crippen molar-refractivity contribution in [3.05, 3.63) is 59.7 Å². The molecule has 0 radical (unpaired) electrons. The normalized spacial score (nSPS) is 10.9. The molecule has 9 heteroatoms. The van der Waals surface area contributed by atoms with E-state index in [1.54, 1.807) is 36.7 Å². The van der Waals surface area contributed by atoms with E-state index in [1.165, 1.54) is 24.9 Å². The van der Waals surface area contributed by atoms with Crippen LogP contribution in [-0.2, 0) is 11.3 Å². The van der Waals surface area contributed by atoms with Gasteiger partial charge in [0, 0.05) is 12.4 Å². The molecule has 0 atom stereocenters. The van der Waals surface area contributed by atoms with Gasteiger partial charge in [0.05, 0.1) is 32.3 Å². The summed E-state index contributed by atoms with van der Waals surface area (Å²) in [5.74, 6) is 0.155. The molecule has 0 saturated heterocycles. The quantitative estimate of drug-likeness (QED) is 0.529. The summed E-state index contributed by atoms with van der Waals surface area (Å²) in [6, 6.07) is 6.68. The molecule has 0 aliphatic heterocycles. The summed E-state index contributed by atoms with van der Waals surface area (Å²) < 4.78 is 17.4. The molecule has 0 aliphatic rings.